The van der Waals surface area contributed by atoms with E-state index in [2.05, 4.69) is 203 Å². The minimum Gasteiger partial charge on any atom is -0.744 e. The second-order valence-electron chi connectivity index (χ2n) is 33.8. The molecule has 0 bridgehead atoms. The Balaban J connectivity index is 0.000000224. The summed E-state index contributed by atoms with van der Waals surface area (Å²) in [4.78, 5) is 3.78. The predicted octanol–water partition coefficient (Wildman–Crippen LogP) is 8.62. The molecule has 12 aromatic carbocycles. The van der Waals surface area contributed by atoms with Gasteiger partial charge in [-0.2, -0.15) is 0 Å². The Hall–Kier alpha value is -9.36. The summed E-state index contributed by atoms with van der Waals surface area (Å²) in [7, 11) is -21.9. The van der Waals surface area contributed by atoms with Gasteiger partial charge >= 0.3 is 0 Å². The largest absolute Gasteiger partial charge is 0.744 e. The lowest BCUT2D eigenvalue weighted by molar-refractivity contribution is -0.910. The molecule has 0 saturated carbocycles. The third-order valence-corrected chi connectivity index (χ3v) is 38.6. The summed E-state index contributed by atoms with van der Waals surface area (Å²) < 4.78 is 188. The molecule has 0 unspecified atom stereocenters. The Kier molecular flexibility index (Phi) is 32.1. The molecule has 12 aromatic rings. The number of para-hydroxylation sites is 4. The van der Waals surface area contributed by atoms with E-state index in [1.54, 1.807) is 56.0 Å². The number of benzene rings is 12. The van der Waals surface area contributed by atoms with Gasteiger partial charge < -0.3 is 66.2 Å². The molecule has 2 aliphatic rings. The standard InChI is InChI=1S/C59H76N4OP2.C43H40O17P2S4/c1-11-60(12-2)41-45-25-33-49(34-26-45)65(50-35-27-46(28-36-50)42-61(13-3)14-4)55-23-19-21-53-57(55)64-58-54(59(53,9)10)22-20-24-56(58)66(51-37-29-47(30-38-51)43-62(15-5)16-6)52-39-31-48(32-40-52)44-63(17-7)18-8;1-43(2)29-9-7-11-35(61(37-21-25(63(44,45)46)13-17-31(37)56-3)38-22-26(64(47,48)49)14-18-32(38)57-4)41(29)60-42-30(43)10-8-12-36(42)62(39-23-27(65(50,51)52)15-19-33(39)58-5)40-24-28(66(53,54)55)16-20-34(40)59-6/h19-40H,11-18,41-44H2,1-10H3;7-24H,1-6H3,(H,44,45,46)(H,47,48,49)(H,50,51,52)(H,53,54,55). The van der Waals surface area contributed by atoms with Crippen LogP contribution in [0, 0.1) is 0 Å². The van der Waals surface area contributed by atoms with Crippen LogP contribution in [-0.2, 0) is 77.5 Å². The first-order valence-electron chi connectivity index (χ1n) is 44.3. The Labute approximate surface area is 783 Å². The van der Waals surface area contributed by atoms with E-state index in [0.717, 1.165) is 139 Å². The van der Waals surface area contributed by atoms with Crippen molar-refractivity contribution in [3.63, 3.8) is 0 Å². The first-order chi connectivity index (χ1) is 62.9. The summed E-state index contributed by atoms with van der Waals surface area (Å²) in [5.74, 6) is 2.56. The first-order valence-corrected chi connectivity index (χ1v) is 55.3. The van der Waals surface area contributed by atoms with Crippen molar-refractivity contribution in [1.29, 1.82) is 0 Å². The van der Waals surface area contributed by atoms with Gasteiger partial charge in [0.25, 0.3) is 0 Å². The highest BCUT2D eigenvalue weighted by molar-refractivity contribution is 7.87. The molecule has 132 heavy (non-hydrogen) atoms. The Bertz CT molecular complexity index is 5970. The number of ether oxygens (including phenoxy) is 6. The highest BCUT2D eigenvalue weighted by Crippen LogP contribution is 2.56. The smallest absolute Gasteiger partial charge is 0.139 e. The van der Waals surface area contributed by atoms with Crippen LogP contribution in [0.15, 0.2) is 262 Å². The highest BCUT2D eigenvalue weighted by Gasteiger charge is 2.44. The molecule has 0 amide bonds. The minimum absolute atomic E-state index is 0.0591. The molecule has 0 atom stereocenters. The summed E-state index contributed by atoms with van der Waals surface area (Å²) in [6, 6.07) is 76.0. The van der Waals surface area contributed by atoms with Crippen molar-refractivity contribution in [1.82, 2.24) is 0 Å². The van der Waals surface area contributed by atoms with Crippen molar-refractivity contribution >= 4 is 136 Å². The fourth-order valence-electron chi connectivity index (χ4n) is 17.5. The van der Waals surface area contributed by atoms with Crippen molar-refractivity contribution in [2.24, 2.45) is 0 Å². The van der Waals surface area contributed by atoms with Crippen LogP contribution < -0.4 is 112 Å². The molecule has 2 heterocycles. The monoisotopic (exact) mass is 1940 g/mol. The number of nitrogens with one attached hydrogen (secondary N) is 4. The molecule has 22 nitrogen and oxygen atoms in total. The van der Waals surface area contributed by atoms with Gasteiger partial charge in [0.15, 0.2) is 0 Å². The Morgan fingerprint density at radius 1 is 0.265 bits per heavy atom. The van der Waals surface area contributed by atoms with Gasteiger partial charge in [0, 0.05) is 97.8 Å². The van der Waals surface area contributed by atoms with Gasteiger partial charge in [-0.15, -0.1) is 0 Å². The van der Waals surface area contributed by atoms with Gasteiger partial charge in [-0.05, 0) is 181 Å². The molecule has 14 rings (SSSR count). The van der Waals surface area contributed by atoms with Crippen LogP contribution in [0.5, 0.6) is 46.0 Å². The second-order valence-corrected chi connectivity index (χ2v) is 47.9. The Morgan fingerprint density at radius 3 is 0.629 bits per heavy atom. The zero-order valence-corrected chi connectivity index (χ0v) is 84.2. The van der Waals surface area contributed by atoms with Crippen LogP contribution in [0.2, 0.25) is 0 Å². The normalized spacial score (nSPS) is 13.5. The van der Waals surface area contributed by atoms with Crippen molar-refractivity contribution in [3.05, 3.63) is 287 Å². The van der Waals surface area contributed by atoms with Gasteiger partial charge in [0.1, 0.15) is 113 Å². The molecule has 0 spiro atoms. The maximum atomic E-state index is 12.5. The maximum absolute atomic E-state index is 12.5. The lowest BCUT2D eigenvalue weighted by Gasteiger charge is -2.39. The van der Waals surface area contributed by atoms with Gasteiger partial charge in [-0.1, -0.05) is 198 Å². The van der Waals surface area contributed by atoms with Crippen molar-refractivity contribution in [3.8, 4) is 46.0 Å². The summed E-state index contributed by atoms with van der Waals surface area (Å²) in [6.07, 6.45) is 0. The molecular weight excluding hydrogens is 1820 g/mol. The third-order valence-electron chi connectivity index (χ3n) is 25.4. The fraction of sp³-hybridized carbons (Fsp3) is 0.294. The molecule has 0 aromatic heterocycles. The molecule has 0 fully saturated rings. The van der Waals surface area contributed by atoms with E-state index < -0.39 is 97.2 Å². The SMILES string of the molecule is CC[NH+](CC)Cc1ccc(P(c2ccc(C[NH+](CC)CC)cc2)c2cccc3c2Oc2c(P(c4ccc(C[NH+](CC)CC)cc4)c4ccc(C[NH+](CC)CC)cc4)cccc2C3(C)C)cc1.COc1ccc(S(=O)(=O)[O-])cc1P(c1cc(S(=O)(=O)[O-])ccc1OC)c1cccc2c1Oc1c(P(c3cc(S(=O)(=O)[O-])ccc3OC)c3cc(S(=O)(=O)[O-])ccc3OC)cccc1C2(C)C. The van der Waals surface area contributed by atoms with E-state index in [9.17, 15) is 51.9 Å². The van der Waals surface area contributed by atoms with E-state index in [1.165, 1.54) is 118 Å². The lowest BCUT2D eigenvalue weighted by Crippen LogP contribution is -3.10. The van der Waals surface area contributed by atoms with E-state index in [0.29, 0.717) is 11.1 Å². The summed E-state index contributed by atoms with van der Waals surface area (Å²) in [5.41, 5.74) is 7.87. The average Bonchev–Trinajstić information content (AvgIpc) is 0.724. The van der Waals surface area contributed by atoms with Crippen molar-refractivity contribution in [2.45, 2.75) is 140 Å². The van der Waals surface area contributed by atoms with Gasteiger partial charge in [0.05, 0.1) is 100 Å². The number of rotatable bonds is 36. The van der Waals surface area contributed by atoms with Crippen LogP contribution >= 0.6 is 31.7 Å². The maximum Gasteiger partial charge on any atom is 0.139 e. The van der Waals surface area contributed by atoms with Crippen LogP contribution in [0.4, 0.5) is 0 Å². The zero-order valence-electron chi connectivity index (χ0n) is 77.3. The summed E-state index contributed by atoms with van der Waals surface area (Å²) in [6.45, 7) is 40.1. The fourth-order valence-corrected chi connectivity index (χ4v) is 30.0. The predicted molar refractivity (Wildman–Crippen MR) is 526 cm³/mol. The zero-order chi connectivity index (χ0) is 95.1. The summed E-state index contributed by atoms with van der Waals surface area (Å²) in [5, 5.41) is 8.84. The molecular formula is C102H116N4O18P4S4. The quantitative estimate of drug-likeness (QED) is 0.0211. The minimum atomic E-state index is -5.11. The van der Waals surface area contributed by atoms with Crippen molar-refractivity contribution in [2.75, 3.05) is 80.8 Å². The molecule has 696 valence electrons. The van der Waals surface area contributed by atoms with Gasteiger partial charge in [-0.25, -0.2) is 33.7 Å². The second kappa shape index (κ2) is 42.3. The highest BCUT2D eigenvalue weighted by atomic mass is 32.2. The van der Waals surface area contributed by atoms with E-state index in [1.807, 2.05) is 13.8 Å². The average molecular weight is 1940 g/mol. The molecule has 4 N–H and O–H groups in total. The molecule has 0 saturated heterocycles. The topological polar surface area (TPSA) is 302 Å². The number of hydrogen-bond donors (Lipinski definition) is 4. The van der Waals surface area contributed by atoms with Gasteiger partial charge in [0.2, 0.25) is 0 Å². The van der Waals surface area contributed by atoms with Crippen LogP contribution in [0.3, 0.4) is 0 Å². The number of quaternary nitrogens is 4. The van der Waals surface area contributed by atoms with Crippen LogP contribution in [-0.4, -0.2) is 133 Å². The van der Waals surface area contributed by atoms with E-state index in [4.69, 9.17) is 28.4 Å². The van der Waals surface area contributed by atoms with Crippen LogP contribution in [0.25, 0.3) is 0 Å². The van der Waals surface area contributed by atoms with E-state index >= 15 is 0 Å². The third kappa shape index (κ3) is 21.6. The molecule has 30 heteroatoms. The number of methoxy groups -OCH3 is 4. The lowest BCUT2D eigenvalue weighted by atomic mass is 9.76. The number of fused-ring (bicyclic) bond motifs is 4. The van der Waals surface area contributed by atoms with Crippen molar-refractivity contribution < 1.29 is 99.9 Å². The molecule has 2 aliphatic heterocycles. The summed E-state index contributed by atoms with van der Waals surface area (Å²) >= 11 is 0. The van der Waals surface area contributed by atoms with Crippen LogP contribution in [0.1, 0.15) is 128 Å². The first kappa shape index (κ1) is 100. The number of hydrogen-bond acceptors (Lipinski definition) is 18. The molecule has 0 aliphatic carbocycles. The molecule has 0 radical (unpaired) electrons. The van der Waals surface area contributed by atoms with E-state index in [-0.39, 0.29) is 71.7 Å². The van der Waals surface area contributed by atoms with Gasteiger partial charge in [-0.3, -0.25) is 0 Å². The Morgan fingerprint density at radius 2 is 0.455 bits per heavy atom.